The van der Waals surface area contributed by atoms with E-state index in [1.807, 2.05) is 30.3 Å². The molecule has 3 nitrogen and oxygen atoms in total. The average molecular weight is 225 g/mol. The molecule has 0 saturated heterocycles. The molecule has 1 aliphatic rings. The fourth-order valence-electron chi connectivity index (χ4n) is 2.44. The van der Waals surface area contributed by atoms with Crippen LogP contribution in [0.2, 0.25) is 0 Å². The van der Waals surface area contributed by atoms with Crippen molar-refractivity contribution in [1.82, 2.24) is 5.48 Å². The smallest absolute Gasteiger partial charge is 0.275 e. The maximum absolute atomic E-state index is 11.6. The summed E-state index contributed by atoms with van der Waals surface area (Å²) < 4.78 is 0. The van der Waals surface area contributed by atoms with Crippen molar-refractivity contribution < 1.29 is 10.0 Å². The van der Waals surface area contributed by atoms with Crippen LogP contribution in [0.4, 0.5) is 0 Å². The predicted molar refractivity (Wildman–Crippen MR) is 63.9 cm³/mol. The zero-order chi connectivity index (χ0) is 11.8. The van der Waals surface area contributed by atoms with Crippen LogP contribution in [0.15, 0.2) is 42.5 Å². The second-order valence-electron chi connectivity index (χ2n) is 4.11. The van der Waals surface area contributed by atoms with E-state index in [4.69, 9.17) is 5.21 Å². The van der Waals surface area contributed by atoms with Gasteiger partial charge in [0.15, 0.2) is 0 Å². The van der Waals surface area contributed by atoms with E-state index in [0.29, 0.717) is 5.56 Å². The minimum atomic E-state index is -0.460. The number of benzene rings is 2. The molecule has 0 unspecified atom stereocenters. The van der Waals surface area contributed by atoms with Crippen molar-refractivity contribution in [3.05, 3.63) is 59.2 Å². The standard InChI is InChI=1S/C14H11NO2/c16-14(15-17)12-7-3-5-10-8-9-4-1-2-6-11(9)13(10)12/h1-7,17H,8H2,(H,15,16). The molecule has 0 spiro atoms. The minimum absolute atomic E-state index is 0.460. The summed E-state index contributed by atoms with van der Waals surface area (Å²) in [6.07, 6.45) is 0.845. The second-order valence-corrected chi connectivity index (χ2v) is 4.11. The number of carbonyl (C=O) groups is 1. The molecule has 3 rings (SSSR count). The number of hydrogen-bond acceptors (Lipinski definition) is 2. The lowest BCUT2D eigenvalue weighted by Gasteiger charge is -2.07. The Morgan fingerprint density at radius 2 is 1.82 bits per heavy atom. The highest BCUT2D eigenvalue weighted by molar-refractivity contribution is 6.02. The van der Waals surface area contributed by atoms with Crippen LogP contribution in [0.5, 0.6) is 0 Å². The number of hydroxylamine groups is 1. The van der Waals surface area contributed by atoms with Crippen molar-refractivity contribution >= 4 is 5.91 Å². The molecule has 1 amide bonds. The first kappa shape index (κ1) is 10.1. The number of nitrogens with one attached hydrogen (secondary N) is 1. The molecule has 2 N–H and O–H groups in total. The van der Waals surface area contributed by atoms with Gasteiger partial charge in [-0.15, -0.1) is 0 Å². The van der Waals surface area contributed by atoms with Crippen LogP contribution in [-0.4, -0.2) is 11.1 Å². The summed E-state index contributed by atoms with van der Waals surface area (Å²) >= 11 is 0. The highest BCUT2D eigenvalue weighted by Crippen LogP contribution is 2.38. The Morgan fingerprint density at radius 1 is 1.06 bits per heavy atom. The molecule has 0 heterocycles. The van der Waals surface area contributed by atoms with Crippen molar-refractivity contribution in [2.45, 2.75) is 6.42 Å². The van der Waals surface area contributed by atoms with E-state index < -0.39 is 5.91 Å². The Morgan fingerprint density at radius 3 is 2.65 bits per heavy atom. The summed E-state index contributed by atoms with van der Waals surface area (Å²) in [7, 11) is 0. The normalized spacial score (nSPS) is 11.8. The van der Waals surface area contributed by atoms with Gasteiger partial charge >= 0.3 is 0 Å². The first-order valence-corrected chi connectivity index (χ1v) is 5.46. The number of rotatable bonds is 1. The highest BCUT2D eigenvalue weighted by atomic mass is 16.5. The van der Waals surface area contributed by atoms with Crippen molar-refractivity contribution in [1.29, 1.82) is 0 Å². The van der Waals surface area contributed by atoms with Crippen LogP contribution >= 0.6 is 0 Å². The summed E-state index contributed by atoms with van der Waals surface area (Å²) in [4.78, 5) is 11.6. The topological polar surface area (TPSA) is 49.3 Å². The van der Waals surface area contributed by atoms with Crippen molar-refractivity contribution in [2.24, 2.45) is 0 Å². The molecule has 2 aromatic rings. The number of amides is 1. The molecule has 0 atom stereocenters. The summed E-state index contributed by atoms with van der Waals surface area (Å²) in [5, 5.41) is 8.77. The van der Waals surface area contributed by atoms with Crippen molar-refractivity contribution in [3.63, 3.8) is 0 Å². The first-order valence-electron chi connectivity index (χ1n) is 5.46. The lowest BCUT2D eigenvalue weighted by molar-refractivity contribution is 0.0707. The fraction of sp³-hybridized carbons (Fsp3) is 0.0714. The fourth-order valence-corrected chi connectivity index (χ4v) is 2.44. The molecule has 17 heavy (non-hydrogen) atoms. The molecule has 0 radical (unpaired) electrons. The quantitative estimate of drug-likeness (QED) is 0.493. The summed E-state index contributed by atoms with van der Waals surface area (Å²) in [5.41, 5.74) is 6.60. The summed E-state index contributed by atoms with van der Waals surface area (Å²) in [6, 6.07) is 13.6. The third-order valence-corrected chi connectivity index (χ3v) is 3.16. The molecule has 1 aliphatic carbocycles. The summed E-state index contributed by atoms with van der Waals surface area (Å²) in [6.45, 7) is 0. The maximum Gasteiger partial charge on any atom is 0.275 e. The van der Waals surface area contributed by atoms with E-state index in [0.717, 1.165) is 23.1 Å². The molecule has 0 bridgehead atoms. The van der Waals surface area contributed by atoms with Gasteiger partial charge in [-0.25, -0.2) is 5.48 Å². The van der Waals surface area contributed by atoms with Gasteiger partial charge in [0.1, 0.15) is 0 Å². The SMILES string of the molecule is O=C(NO)c1cccc2c1-c1ccccc1C2. The van der Waals surface area contributed by atoms with Crippen LogP contribution in [-0.2, 0) is 6.42 Å². The molecule has 0 fully saturated rings. The van der Waals surface area contributed by atoms with E-state index in [2.05, 4.69) is 6.07 Å². The first-order chi connectivity index (χ1) is 8.31. The Kier molecular flexibility index (Phi) is 2.20. The van der Waals surface area contributed by atoms with Gasteiger partial charge in [-0.1, -0.05) is 36.4 Å². The Balaban J connectivity index is 2.26. The third-order valence-electron chi connectivity index (χ3n) is 3.16. The zero-order valence-corrected chi connectivity index (χ0v) is 9.10. The average Bonchev–Trinajstić information content (AvgIpc) is 2.76. The van der Waals surface area contributed by atoms with Gasteiger partial charge in [0.2, 0.25) is 0 Å². The Hall–Kier alpha value is -2.13. The molecular weight excluding hydrogens is 214 g/mol. The minimum Gasteiger partial charge on any atom is -0.288 e. The zero-order valence-electron chi connectivity index (χ0n) is 9.10. The largest absolute Gasteiger partial charge is 0.288 e. The highest BCUT2D eigenvalue weighted by Gasteiger charge is 2.23. The van der Waals surface area contributed by atoms with Gasteiger partial charge in [-0.05, 0) is 34.7 Å². The van der Waals surface area contributed by atoms with Gasteiger partial charge in [-0.2, -0.15) is 0 Å². The third kappa shape index (κ3) is 1.44. The lowest BCUT2D eigenvalue weighted by atomic mass is 9.99. The van der Waals surface area contributed by atoms with Gasteiger partial charge in [-0.3, -0.25) is 10.0 Å². The van der Waals surface area contributed by atoms with Crippen LogP contribution in [0.1, 0.15) is 21.5 Å². The van der Waals surface area contributed by atoms with Crippen molar-refractivity contribution in [2.75, 3.05) is 0 Å². The Bertz CT molecular complexity index is 605. The van der Waals surface area contributed by atoms with E-state index in [1.165, 1.54) is 5.56 Å². The van der Waals surface area contributed by atoms with E-state index in [1.54, 1.807) is 11.5 Å². The second kappa shape index (κ2) is 3.71. The van der Waals surface area contributed by atoms with E-state index in [9.17, 15) is 4.79 Å². The van der Waals surface area contributed by atoms with E-state index >= 15 is 0 Å². The van der Waals surface area contributed by atoms with Crippen LogP contribution < -0.4 is 5.48 Å². The predicted octanol–water partition coefficient (Wildman–Crippen LogP) is 2.38. The number of carbonyl (C=O) groups excluding carboxylic acids is 1. The van der Waals surface area contributed by atoms with Gasteiger partial charge in [0.05, 0.1) is 0 Å². The van der Waals surface area contributed by atoms with Crippen molar-refractivity contribution in [3.8, 4) is 11.1 Å². The molecule has 0 aromatic heterocycles. The number of hydrogen-bond donors (Lipinski definition) is 2. The lowest BCUT2D eigenvalue weighted by Crippen LogP contribution is -2.19. The Labute approximate surface area is 98.7 Å². The van der Waals surface area contributed by atoms with E-state index in [-0.39, 0.29) is 0 Å². The molecule has 2 aromatic carbocycles. The monoisotopic (exact) mass is 225 g/mol. The molecule has 0 saturated carbocycles. The maximum atomic E-state index is 11.6. The number of fused-ring (bicyclic) bond motifs is 3. The van der Waals surface area contributed by atoms with Gasteiger partial charge in [0, 0.05) is 5.56 Å². The van der Waals surface area contributed by atoms with Gasteiger partial charge < -0.3 is 0 Å². The molecule has 3 heteroatoms. The molecule has 0 aliphatic heterocycles. The van der Waals surface area contributed by atoms with Crippen LogP contribution in [0.25, 0.3) is 11.1 Å². The van der Waals surface area contributed by atoms with Crippen LogP contribution in [0, 0.1) is 0 Å². The van der Waals surface area contributed by atoms with Gasteiger partial charge in [0.25, 0.3) is 5.91 Å². The molecular formula is C14H11NO2. The van der Waals surface area contributed by atoms with Crippen LogP contribution in [0.3, 0.4) is 0 Å². The summed E-state index contributed by atoms with van der Waals surface area (Å²) in [5.74, 6) is -0.460. The molecule has 84 valence electrons.